The van der Waals surface area contributed by atoms with Crippen LogP contribution in [0, 0.1) is 12.8 Å². The van der Waals surface area contributed by atoms with Crippen molar-refractivity contribution in [2.75, 3.05) is 0 Å². The summed E-state index contributed by atoms with van der Waals surface area (Å²) in [4.78, 5) is 0. The third-order valence-corrected chi connectivity index (χ3v) is 14.1. The van der Waals surface area contributed by atoms with Crippen LogP contribution in [0.15, 0.2) is 96.1 Å². The van der Waals surface area contributed by atoms with Crippen molar-refractivity contribution < 1.29 is 0 Å². The van der Waals surface area contributed by atoms with Gasteiger partial charge in [-0.15, -0.1) is 0 Å². The first-order chi connectivity index (χ1) is 22.9. The molecule has 0 nitrogen and oxygen atoms in total. The van der Waals surface area contributed by atoms with Gasteiger partial charge in [-0.1, -0.05) is 163 Å². The van der Waals surface area contributed by atoms with Crippen molar-refractivity contribution in [1.82, 2.24) is 0 Å². The van der Waals surface area contributed by atoms with Crippen LogP contribution in [0.5, 0.6) is 0 Å². The van der Waals surface area contributed by atoms with E-state index in [0.717, 1.165) is 25.7 Å². The van der Waals surface area contributed by atoms with Gasteiger partial charge in [0.1, 0.15) is 8.07 Å². The summed E-state index contributed by atoms with van der Waals surface area (Å²) in [5.74, 6) is 0. The molecule has 0 saturated heterocycles. The minimum absolute atomic E-state index is 1.14. The summed E-state index contributed by atoms with van der Waals surface area (Å²) in [5.41, 5.74) is 17.4. The van der Waals surface area contributed by atoms with Gasteiger partial charge in [0.25, 0.3) is 0 Å². The van der Waals surface area contributed by atoms with Crippen LogP contribution in [0.4, 0.5) is 0 Å². The van der Waals surface area contributed by atoms with Gasteiger partial charge in [0, 0.05) is 12.8 Å². The van der Waals surface area contributed by atoms with Crippen LogP contribution in [0.25, 0.3) is 32.6 Å². The molecule has 0 aromatic heterocycles. The number of unbranched alkanes of at least 4 members (excludes halogenated alkanes) is 2. The van der Waals surface area contributed by atoms with E-state index >= 15 is 0 Å². The lowest BCUT2D eigenvalue weighted by Crippen LogP contribution is -2.32. The van der Waals surface area contributed by atoms with Gasteiger partial charge >= 0.3 is 0 Å². The highest BCUT2D eigenvalue weighted by Gasteiger charge is 2.43. The van der Waals surface area contributed by atoms with Crippen molar-refractivity contribution in [2.45, 2.75) is 105 Å². The maximum atomic E-state index is 2.67. The van der Waals surface area contributed by atoms with E-state index in [1.807, 2.05) is 0 Å². The minimum atomic E-state index is -2.24. The van der Waals surface area contributed by atoms with E-state index in [9.17, 15) is 0 Å². The Morgan fingerprint density at radius 2 is 0.851 bits per heavy atom. The van der Waals surface area contributed by atoms with E-state index in [4.69, 9.17) is 0 Å². The van der Waals surface area contributed by atoms with E-state index in [1.54, 1.807) is 21.5 Å². The molecule has 0 atom stereocenters. The smallest absolute Gasteiger partial charge is 0.0654 e. The van der Waals surface area contributed by atoms with E-state index in [0.29, 0.717) is 0 Å². The number of aryl methyl sites for hydroxylation is 2. The van der Waals surface area contributed by atoms with Crippen LogP contribution in [-0.4, -0.2) is 8.07 Å². The summed E-state index contributed by atoms with van der Waals surface area (Å²) in [6.45, 7) is 14.5. The Balaban J connectivity index is 1.54. The molecule has 2 aliphatic rings. The predicted molar refractivity (Wildman–Crippen MR) is 209 cm³/mol. The molecule has 1 heteroatoms. The van der Waals surface area contributed by atoms with Gasteiger partial charge in [0.15, 0.2) is 0 Å². The normalized spacial score (nSPS) is 14.3. The Hall–Kier alpha value is -3.42. The molecule has 0 unspecified atom stereocenters. The summed E-state index contributed by atoms with van der Waals surface area (Å²) in [6, 6.07) is 33.0. The largest absolute Gasteiger partial charge is 0.113 e. The third kappa shape index (κ3) is 6.66. The summed E-state index contributed by atoms with van der Waals surface area (Å²) >= 11 is 0. The number of allylic oxidation sites excluding steroid dienone is 2. The number of hydrogen-bond donors (Lipinski definition) is 0. The average Bonchev–Trinajstić information content (AvgIpc) is 3.67. The van der Waals surface area contributed by atoms with Crippen LogP contribution in [-0.2, 0) is 12.8 Å². The number of hydrogen-bond acceptors (Lipinski definition) is 0. The molecule has 0 bridgehead atoms. The van der Waals surface area contributed by atoms with Crippen molar-refractivity contribution in [3.63, 3.8) is 0 Å². The summed E-state index contributed by atoms with van der Waals surface area (Å²) in [5, 5.41) is 3.35. The van der Waals surface area contributed by atoms with E-state index < -0.39 is 8.07 Å². The second kappa shape index (κ2) is 14.8. The molecule has 0 saturated carbocycles. The Labute approximate surface area is 287 Å². The first-order valence-corrected chi connectivity index (χ1v) is 21.5. The molecule has 0 amide bonds. The Morgan fingerprint density at radius 3 is 1.21 bits per heavy atom. The number of benzene rings is 4. The zero-order chi connectivity index (χ0) is 33.0. The molecule has 242 valence electrons. The van der Waals surface area contributed by atoms with Gasteiger partial charge < -0.3 is 0 Å². The SMILES string of the molecule is CCCCC1=C([Si](C)(C)C2=C(CCCC)[CH]c3cccc(-c4ccc(CCC)cc4)c32)c2c(cccc2-c2ccc(CCC)cc2)[CH]1. The molecular formula is C46H54Si. The van der Waals surface area contributed by atoms with Crippen molar-refractivity contribution >= 4 is 18.5 Å². The summed E-state index contributed by atoms with van der Waals surface area (Å²) in [6.07, 6.45) is 17.0. The van der Waals surface area contributed by atoms with Crippen molar-refractivity contribution in [3.05, 3.63) is 142 Å². The van der Waals surface area contributed by atoms with Crippen molar-refractivity contribution in [2.24, 2.45) is 0 Å². The highest BCUT2D eigenvalue weighted by Crippen LogP contribution is 2.54. The molecule has 4 aromatic carbocycles. The van der Waals surface area contributed by atoms with Crippen LogP contribution in [0.2, 0.25) is 13.1 Å². The Kier molecular flexibility index (Phi) is 10.5. The zero-order valence-corrected chi connectivity index (χ0v) is 30.8. The maximum absolute atomic E-state index is 2.67. The topological polar surface area (TPSA) is 0 Å². The van der Waals surface area contributed by atoms with Crippen LogP contribution >= 0.6 is 0 Å². The van der Waals surface area contributed by atoms with Crippen LogP contribution in [0.3, 0.4) is 0 Å². The number of fused-ring (bicyclic) bond motifs is 2. The molecule has 0 aliphatic heterocycles. The van der Waals surface area contributed by atoms with Crippen molar-refractivity contribution in [3.8, 4) is 22.3 Å². The van der Waals surface area contributed by atoms with Gasteiger partial charge in [-0.2, -0.15) is 0 Å². The molecule has 0 heterocycles. The lowest BCUT2D eigenvalue weighted by Gasteiger charge is -2.33. The molecule has 2 aliphatic carbocycles. The van der Waals surface area contributed by atoms with Crippen molar-refractivity contribution in [1.29, 1.82) is 0 Å². The molecule has 0 fully saturated rings. The predicted octanol–water partition coefficient (Wildman–Crippen LogP) is 13.4. The first kappa shape index (κ1) is 33.5. The van der Waals surface area contributed by atoms with Gasteiger partial charge in [-0.05, 0) is 105 Å². The number of rotatable bonds is 14. The molecule has 0 N–H and O–H groups in total. The fraction of sp³-hybridized carbons (Fsp3) is 0.348. The molecule has 47 heavy (non-hydrogen) atoms. The van der Waals surface area contributed by atoms with Crippen LogP contribution < -0.4 is 0 Å². The summed E-state index contributed by atoms with van der Waals surface area (Å²) < 4.78 is 0. The van der Waals surface area contributed by atoms with Gasteiger partial charge in [0.2, 0.25) is 0 Å². The lowest BCUT2D eigenvalue weighted by molar-refractivity contribution is 0.795. The highest BCUT2D eigenvalue weighted by atomic mass is 28.3. The molecular weight excluding hydrogens is 581 g/mol. The minimum Gasteiger partial charge on any atom is -0.0654 e. The Bertz CT molecular complexity index is 1630. The first-order valence-electron chi connectivity index (χ1n) is 18.5. The summed E-state index contributed by atoms with van der Waals surface area (Å²) in [7, 11) is -2.24. The van der Waals surface area contributed by atoms with Crippen LogP contribution in [0.1, 0.15) is 112 Å². The Morgan fingerprint density at radius 1 is 0.447 bits per heavy atom. The highest BCUT2D eigenvalue weighted by molar-refractivity contribution is 7.09. The lowest BCUT2D eigenvalue weighted by atomic mass is 9.95. The molecule has 2 radical (unpaired) electrons. The van der Waals surface area contributed by atoms with Gasteiger partial charge in [0.05, 0.1) is 0 Å². The molecule has 6 rings (SSSR count). The van der Waals surface area contributed by atoms with E-state index in [2.05, 4.69) is 139 Å². The van der Waals surface area contributed by atoms with Gasteiger partial charge in [-0.3, -0.25) is 0 Å². The molecule has 4 aromatic rings. The fourth-order valence-electron chi connectivity index (χ4n) is 8.22. The fourth-order valence-corrected chi connectivity index (χ4v) is 12.3. The third-order valence-electron chi connectivity index (χ3n) is 10.5. The van der Waals surface area contributed by atoms with Gasteiger partial charge in [-0.25, -0.2) is 0 Å². The van der Waals surface area contributed by atoms with E-state index in [-0.39, 0.29) is 0 Å². The quantitative estimate of drug-likeness (QED) is 0.121. The zero-order valence-electron chi connectivity index (χ0n) is 29.8. The monoisotopic (exact) mass is 634 g/mol. The van der Waals surface area contributed by atoms with E-state index in [1.165, 1.54) is 94.2 Å². The maximum Gasteiger partial charge on any atom is 0.113 e. The average molecular weight is 635 g/mol. The second-order valence-electron chi connectivity index (χ2n) is 14.4. The standard InChI is InChI=1S/C46H54Si/c1-7-11-17-39-31-37-19-13-21-41(35-27-23-33(15-9-3)24-28-35)43(37)45(39)47(5,6)46-40(18-12-8-2)32-38-20-14-22-42(44(38)46)36-29-25-34(16-10-4)26-30-36/h13-14,19-32H,7-12,15-18H2,1-6H3. The molecule has 0 spiro atoms. The second-order valence-corrected chi connectivity index (χ2v) is 18.6.